The Labute approximate surface area is 149 Å². The van der Waals surface area contributed by atoms with Gasteiger partial charge in [0.25, 0.3) is 5.69 Å². The van der Waals surface area contributed by atoms with Gasteiger partial charge in [0.1, 0.15) is 18.4 Å². The van der Waals surface area contributed by atoms with Gasteiger partial charge < -0.3 is 9.47 Å². The quantitative estimate of drug-likeness (QED) is 0.384. The topological polar surface area (TPSA) is 90.7 Å². The molecule has 1 aliphatic rings. The number of non-ortho nitro benzene ring substituents is 1. The second kappa shape index (κ2) is 6.89. The minimum atomic E-state index is -0.419. The molecule has 1 fully saturated rings. The maximum Gasteiger partial charge on any atom is 0.270 e. The van der Waals surface area contributed by atoms with E-state index >= 15 is 0 Å². The fourth-order valence-corrected chi connectivity index (χ4v) is 2.47. The van der Waals surface area contributed by atoms with E-state index in [1.165, 1.54) is 12.1 Å². The maximum absolute atomic E-state index is 10.9. The molecule has 1 atom stereocenters. The zero-order chi connectivity index (χ0) is 17.9. The molecule has 1 saturated heterocycles. The second-order valence-electron chi connectivity index (χ2n) is 5.85. The summed E-state index contributed by atoms with van der Waals surface area (Å²) in [7, 11) is 0. The van der Waals surface area contributed by atoms with Gasteiger partial charge in [-0.25, -0.2) is 9.97 Å². The number of hydrogen-bond donors (Lipinski definition) is 0. The van der Waals surface area contributed by atoms with Crippen molar-refractivity contribution in [2.24, 2.45) is 0 Å². The van der Waals surface area contributed by atoms with Crippen LogP contribution in [0.15, 0.2) is 48.5 Å². The van der Waals surface area contributed by atoms with Crippen molar-refractivity contribution in [3.8, 4) is 5.88 Å². The predicted octanol–water partition coefficient (Wildman–Crippen LogP) is 3.49. The van der Waals surface area contributed by atoms with E-state index in [1.807, 2.05) is 24.3 Å². The monoisotopic (exact) mass is 349 g/mol. The van der Waals surface area contributed by atoms with E-state index in [0.29, 0.717) is 30.4 Å². The summed E-state index contributed by atoms with van der Waals surface area (Å²) in [6, 6.07) is 13.9. The molecule has 1 unspecified atom stereocenters. The summed E-state index contributed by atoms with van der Waals surface area (Å²) in [6.45, 7) is 1.12. The Morgan fingerprint density at radius 3 is 2.65 bits per heavy atom. The van der Waals surface area contributed by atoms with E-state index in [1.54, 1.807) is 24.3 Å². The average molecular weight is 349 g/mol. The lowest BCUT2D eigenvalue weighted by Gasteiger charge is -2.08. The summed E-state index contributed by atoms with van der Waals surface area (Å²) in [4.78, 5) is 19.6. The Morgan fingerprint density at radius 2 is 1.92 bits per heavy atom. The number of rotatable bonds is 6. The molecule has 7 nitrogen and oxygen atoms in total. The largest absolute Gasteiger partial charge is 0.473 e. The number of ether oxygens (including phenoxy) is 2. The smallest absolute Gasteiger partial charge is 0.270 e. The van der Waals surface area contributed by atoms with Crippen molar-refractivity contribution in [2.45, 2.75) is 6.10 Å². The number of nitro groups is 1. The van der Waals surface area contributed by atoms with E-state index in [4.69, 9.17) is 9.47 Å². The summed E-state index contributed by atoms with van der Waals surface area (Å²) >= 11 is 0. The van der Waals surface area contributed by atoms with Gasteiger partial charge in [-0.3, -0.25) is 10.1 Å². The molecule has 7 heteroatoms. The van der Waals surface area contributed by atoms with Gasteiger partial charge in [0.2, 0.25) is 5.88 Å². The maximum atomic E-state index is 10.9. The number of nitro benzene ring substituents is 1. The first-order chi connectivity index (χ1) is 12.7. The predicted molar refractivity (Wildman–Crippen MR) is 96.8 cm³/mol. The Kier molecular flexibility index (Phi) is 4.28. The Hall–Kier alpha value is -3.32. The number of fused-ring (bicyclic) bond motifs is 1. The molecular formula is C19H15N3O4. The third-order valence-corrected chi connectivity index (χ3v) is 3.89. The molecule has 0 saturated carbocycles. The van der Waals surface area contributed by atoms with E-state index < -0.39 is 4.92 Å². The van der Waals surface area contributed by atoms with Crippen LogP contribution in [0.25, 0.3) is 23.2 Å². The van der Waals surface area contributed by atoms with E-state index in [0.717, 1.165) is 11.0 Å². The van der Waals surface area contributed by atoms with Gasteiger partial charge in [-0.05, 0) is 23.8 Å². The van der Waals surface area contributed by atoms with Crippen LogP contribution in [0.4, 0.5) is 5.69 Å². The highest BCUT2D eigenvalue weighted by Gasteiger charge is 2.24. The van der Waals surface area contributed by atoms with Gasteiger partial charge in [0.15, 0.2) is 0 Å². The second-order valence-corrected chi connectivity index (χ2v) is 5.85. The van der Waals surface area contributed by atoms with E-state index in [9.17, 15) is 10.1 Å². The zero-order valence-electron chi connectivity index (χ0n) is 13.7. The Bertz CT molecular complexity index is 999. The first-order valence-corrected chi connectivity index (χ1v) is 8.13. The molecule has 1 aromatic heterocycles. The van der Waals surface area contributed by atoms with Gasteiger partial charge >= 0.3 is 0 Å². The lowest BCUT2D eigenvalue weighted by molar-refractivity contribution is -0.384. The summed E-state index contributed by atoms with van der Waals surface area (Å²) in [6.07, 6.45) is 3.62. The Morgan fingerprint density at radius 1 is 1.15 bits per heavy atom. The molecule has 2 aromatic carbocycles. The lowest BCUT2D eigenvalue weighted by Crippen LogP contribution is -2.07. The van der Waals surface area contributed by atoms with Crippen LogP contribution < -0.4 is 4.74 Å². The standard InChI is InChI=1S/C19H15N3O4/c23-22(24)14-5-3-4-13(10-14)8-9-18-19(26-12-15-11-25-15)21-17-7-2-1-6-16(17)20-18/h1-10,15H,11-12H2. The van der Waals surface area contributed by atoms with E-state index in [-0.39, 0.29) is 11.8 Å². The lowest BCUT2D eigenvalue weighted by atomic mass is 10.2. The number of aromatic nitrogens is 2. The molecule has 0 aliphatic carbocycles. The van der Waals surface area contributed by atoms with Crippen LogP contribution in [-0.4, -0.2) is 34.2 Å². The summed E-state index contributed by atoms with van der Waals surface area (Å²) < 4.78 is 10.9. The van der Waals surface area contributed by atoms with Crippen LogP contribution in [0.2, 0.25) is 0 Å². The summed E-state index contributed by atoms with van der Waals surface area (Å²) in [5, 5.41) is 10.9. The van der Waals surface area contributed by atoms with Crippen molar-refractivity contribution in [1.82, 2.24) is 9.97 Å². The fraction of sp³-hybridized carbons (Fsp3) is 0.158. The van der Waals surface area contributed by atoms with Gasteiger partial charge in [0.05, 0.1) is 22.6 Å². The number of hydrogen-bond acceptors (Lipinski definition) is 6. The average Bonchev–Trinajstić information content (AvgIpc) is 3.49. The highest BCUT2D eigenvalue weighted by atomic mass is 16.6. The molecule has 0 radical (unpaired) electrons. The molecule has 0 bridgehead atoms. The molecule has 0 amide bonds. The molecule has 4 rings (SSSR count). The molecule has 0 N–H and O–H groups in total. The first-order valence-electron chi connectivity index (χ1n) is 8.13. The van der Waals surface area contributed by atoms with Gasteiger partial charge in [-0.15, -0.1) is 0 Å². The fourth-order valence-electron chi connectivity index (χ4n) is 2.47. The third-order valence-electron chi connectivity index (χ3n) is 3.89. The van der Waals surface area contributed by atoms with Crippen molar-refractivity contribution < 1.29 is 14.4 Å². The molecule has 0 spiro atoms. The minimum absolute atomic E-state index is 0.0408. The van der Waals surface area contributed by atoms with Crippen molar-refractivity contribution >= 4 is 28.9 Å². The van der Waals surface area contributed by atoms with E-state index in [2.05, 4.69) is 9.97 Å². The molecule has 26 heavy (non-hydrogen) atoms. The van der Waals surface area contributed by atoms with Crippen LogP contribution in [0.3, 0.4) is 0 Å². The highest BCUT2D eigenvalue weighted by Crippen LogP contribution is 2.23. The van der Waals surface area contributed by atoms with Crippen LogP contribution in [0.5, 0.6) is 5.88 Å². The highest BCUT2D eigenvalue weighted by molar-refractivity contribution is 5.79. The summed E-state index contributed by atoms with van der Waals surface area (Å²) in [5.41, 5.74) is 2.80. The Balaban J connectivity index is 1.67. The molecular weight excluding hydrogens is 334 g/mol. The normalized spacial score (nSPS) is 16.1. The van der Waals surface area contributed by atoms with Crippen LogP contribution in [0, 0.1) is 10.1 Å². The van der Waals surface area contributed by atoms with Gasteiger partial charge in [-0.2, -0.15) is 0 Å². The minimum Gasteiger partial charge on any atom is -0.473 e. The number of benzene rings is 2. The summed E-state index contributed by atoms with van der Waals surface area (Å²) in [5.74, 6) is 0.417. The molecule has 3 aromatic rings. The van der Waals surface area contributed by atoms with Crippen LogP contribution in [-0.2, 0) is 4.74 Å². The van der Waals surface area contributed by atoms with Crippen molar-refractivity contribution in [1.29, 1.82) is 0 Å². The molecule has 2 heterocycles. The molecule has 1 aliphatic heterocycles. The molecule has 130 valence electrons. The van der Waals surface area contributed by atoms with Crippen molar-refractivity contribution in [2.75, 3.05) is 13.2 Å². The number of epoxide rings is 1. The SMILES string of the molecule is O=[N+]([O-])c1cccc(C=Cc2nc3ccccc3nc2OCC2CO2)c1. The van der Waals surface area contributed by atoms with Crippen LogP contribution in [0.1, 0.15) is 11.3 Å². The van der Waals surface area contributed by atoms with Crippen molar-refractivity contribution in [3.63, 3.8) is 0 Å². The van der Waals surface area contributed by atoms with Gasteiger partial charge in [0, 0.05) is 12.1 Å². The zero-order valence-corrected chi connectivity index (χ0v) is 13.7. The van der Waals surface area contributed by atoms with Gasteiger partial charge in [-0.1, -0.05) is 30.3 Å². The first kappa shape index (κ1) is 16.2. The van der Waals surface area contributed by atoms with Crippen LogP contribution >= 0.6 is 0 Å². The number of para-hydroxylation sites is 2. The third kappa shape index (κ3) is 3.68. The number of nitrogens with zero attached hydrogens (tertiary/aromatic N) is 3. The van der Waals surface area contributed by atoms with Crippen molar-refractivity contribution in [3.05, 3.63) is 69.9 Å².